The molecule has 0 radical (unpaired) electrons. The van der Waals surface area contributed by atoms with Crippen molar-refractivity contribution >= 4 is 28.3 Å². The molecule has 6 nitrogen and oxygen atoms in total. The number of nitrogens with zero attached hydrogens (tertiary/aromatic N) is 1. The molecule has 8 heteroatoms. The summed E-state index contributed by atoms with van der Waals surface area (Å²) in [5.74, 6) is -0.415. The molecule has 1 unspecified atom stereocenters. The molecule has 0 aliphatic carbocycles. The van der Waals surface area contributed by atoms with E-state index in [-0.39, 0.29) is 19.0 Å². The highest BCUT2D eigenvalue weighted by atomic mass is 35.5. The maximum atomic E-state index is 11.9. The van der Waals surface area contributed by atoms with E-state index in [2.05, 4.69) is 10.0 Å². The highest BCUT2D eigenvalue weighted by molar-refractivity contribution is 7.90. The first-order valence-corrected chi connectivity index (χ1v) is 7.47. The highest BCUT2D eigenvalue weighted by Crippen LogP contribution is 2.06. The number of amides is 1. The number of sulfonamides is 1. The first kappa shape index (κ1) is 18.4. The summed E-state index contributed by atoms with van der Waals surface area (Å²) in [5, 5.41) is 2.09. The Balaban J connectivity index is 0.00000324. The van der Waals surface area contributed by atoms with Gasteiger partial charge in [0.15, 0.2) is 5.25 Å². The van der Waals surface area contributed by atoms with Crippen LogP contribution < -0.4 is 10.0 Å². The van der Waals surface area contributed by atoms with Gasteiger partial charge in [0.25, 0.3) is 0 Å². The van der Waals surface area contributed by atoms with Crippen molar-refractivity contribution in [3.63, 3.8) is 0 Å². The monoisotopic (exact) mass is 311 g/mol. The smallest absolute Gasteiger partial charge is 0.241 e. The van der Waals surface area contributed by atoms with Crippen molar-refractivity contribution < 1.29 is 13.2 Å². The van der Waals surface area contributed by atoms with Crippen LogP contribution >= 0.6 is 12.4 Å². The van der Waals surface area contributed by atoms with Gasteiger partial charge in [-0.1, -0.05) is 11.6 Å². The standard InChI is InChI=1S/C11H21N3O3S.ClH/c1-9(11(15)14(2)3)18(16,17)13-8-10-4-6-12-7-5-10;/h4,9,12-13H,5-8H2,1-3H3;1H. The molecule has 0 aromatic carbocycles. The van der Waals surface area contributed by atoms with E-state index in [0.717, 1.165) is 25.1 Å². The number of hydrogen-bond donors (Lipinski definition) is 2. The van der Waals surface area contributed by atoms with E-state index in [0.29, 0.717) is 0 Å². The Morgan fingerprint density at radius 1 is 1.53 bits per heavy atom. The van der Waals surface area contributed by atoms with Gasteiger partial charge in [0.1, 0.15) is 0 Å². The number of rotatable bonds is 5. The average Bonchev–Trinajstić information content (AvgIpc) is 2.35. The van der Waals surface area contributed by atoms with E-state index in [9.17, 15) is 13.2 Å². The summed E-state index contributed by atoms with van der Waals surface area (Å²) < 4.78 is 26.3. The molecular formula is C11H22ClN3O3S. The van der Waals surface area contributed by atoms with Crippen LogP contribution in [0.3, 0.4) is 0 Å². The molecule has 1 heterocycles. The normalized spacial score (nSPS) is 17.1. The van der Waals surface area contributed by atoms with Crippen LogP contribution in [0.1, 0.15) is 13.3 Å². The van der Waals surface area contributed by atoms with Crippen LogP contribution in [-0.4, -0.2) is 58.2 Å². The lowest BCUT2D eigenvalue weighted by molar-refractivity contribution is -0.127. The van der Waals surface area contributed by atoms with Crippen LogP contribution in [0.4, 0.5) is 0 Å². The van der Waals surface area contributed by atoms with Crippen molar-refractivity contribution in [2.45, 2.75) is 18.6 Å². The molecule has 1 atom stereocenters. The van der Waals surface area contributed by atoms with Gasteiger partial charge in [0, 0.05) is 27.2 Å². The summed E-state index contributed by atoms with van der Waals surface area (Å²) in [6.45, 7) is 3.32. The first-order valence-electron chi connectivity index (χ1n) is 5.93. The molecule has 0 aromatic rings. The van der Waals surface area contributed by atoms with E-state index < -0.39 is 21.2 Å². The fraction of sp³-hybridized carbons (Fsp3) is 0.727. The van der Waals surface area contributed by atoms with Crippen molar-refractivity contribution in [1.29, 1.82) is 0 Å². The Morgan fingerprint density at radius 2 is 2.16 bits per heavy atom. The van der Waals surface area contributed by atoms with Crippen LogP contribution in [-0.2, 0) is 14.8 Å². The van der Waals surface area contributed by atoms with E-state index >= 15 is 0 Å². The molecule has 0 saturated heterocycles. The highest BCUT2D eigenvalue weighted by Gasteiger charge is 2.28. The third-order valence-corrected chi connectivity index (χ3v) is 4.59. The van der Waals surface area contributed by atoms with Gasteiger partial charge >= 0.3 is 0 Å². The second-order valence-corrected chi connectivity index (χ2v) is 6.64. The summed E-state index contributed by atoms with van der Waals surface area (Å²) in [7, 11) is -0.516. The zero-order valence-corrected chi connectivity index (χ0v) is 13.1. The predicted octanol–water partition coefficient (Wildman–Crippen LogP) is -0.276. The van der Waals surface area contributed by atoms with Crippen molar-refractivity contribution in [3.8, 4) is 0 Å². The molecule has 112 valence electrons. The first-order chi connectivity index (χ1) is 8.34. The fourth-order valence-corrected chi connectivity index (χ4v) is 2.76. The zero-order valence-electron chi connectivity index (χ0n) is 11.5. The molecule has 0 saturated carbocycles. The Hall–Kier alpha value is -0.630. The zero-order chi connectivity index (χ0) is 13.8. The van der Waals surface area contributed by atoms with Gasteiger partial charge in [0.05, 0.1) is 0 Å². The molecule has 1 aliphatic heterocycles. The number of nitrogens with one attached hydrogen (secondary N) is 2. The molecule has 0 fully saturated rings. The lowest BCUT2D eigenvalue weighted by Gasteiger charge is -2.19. The number of hydrogen-bond acceptors (Lipinski definition) is 4. The lowest BCUT2D eigenvalue weighted by Crippen LogP contribution is -2.43. The van der Waals surface area contributed by atoms with Crippen molar-refractivity contribution in [2.75, 3.05) is 33.7 Å². The quantitative estimate of drug-likeness (QED) is 0.685. The second kappa shape index (κ2) is 7.84. The maximum absolute atomic E-state index is 11.9. The SMILES string of the molecule is CC(C(=O)N(C)C)S(=O)(=O)NCC1=CCNCC1.Cl. The van der Waals surface area contributed by atoms with E-state index in [4.69, 9.17) is 0 Å². The Kier molecular flexibility index (Phi) is 7.58. The van der Waals surface area contributed by atoms with E-state index in [1.165, 1.54) is 11.8 Å². The molecule has 0 spiro atoms. The van der Waals surface area contributed by atoms with Gasteiger partial charge in [-0.05, 0) is 19.9 Å². The van der Waals surface area contributed by atoms with Gasteiger partial charge < -0.3 is 10.2 Å². The van der Waals surface area contributed by atoms with Crippen LogP contribution in [0.15, 0.2) is 11.6 Å². The minimum Gasteiger partial charge on any atom is -0.348 e. The molecule has 19 heavy (non-hydrogen) atoms. The summed E-state index contributed by atoms with van der Waals surface area (Å²) in [5.41, 5.74) is 1.06. The Morgan fingerprint density at radius 3 is 2.63 bits per heavy atom. The third-order valence-electron chi connectivity index (χ3n) is 2.91. The minimum absolute atomic E-state index is 0. The summed E-state index contributed by atoms with van der Waals surface area (Å²) in [6, 6.07) is 0. The van der Waals surface area contributed by atoms with Crippen molar-refractivity contribution in [1.82, 2.24) is 14.9 Å². The van der Waals surface area contributed by atoms with Crippen molar-refractivity contribution in [2.24, 2.45) is 0 Å². The Labute approximate surface area is 121 Å². The van der Waals surface area contributed by atoms with Crippen LogP contribution in [0, 0.1) is 0 Å². The lowest BCUT2D eigenvalue weighted by atomic mass is 10.1. The van der Waals surface area contributed by atoms with Crippen LogP contribution in [0.2, 0.25) is 0 Å². The molecule has 1 aliphatic rings. The van der Waals surface area contributed by atoms with E-state index in [1.54, 1.807) is 14.1 Å². The summed E-state index contributed by atoms with van der Waals surface area (Å²) in [4.78, 5) is 12.9. The van der Waals surface area contributed by atoms with Gasteiger partial charge in [-0.15, -0.1) is 12.4 Å². The van der Waals surface area contributed by atoms with Gasteiger partial charge in [0.2, 0.25) is 15.9 Å². The fourth-order valence-electron chi connectivity index (χ4n) is 1.64. The number of carbonyl (C=O) groups is 1. The topological polar surface area (TPSA) is 78.5 Å². The largest absolute Gasteiger partial charge is 0.348 e. The van der Waals surface area contributed by atoms with Gasteiger partial charge in [-0.3, -0.25) is 4.79 Å². The molecule has 1 rings (SSSR count). The summed E-state index contributed by atoms with van der Waals surface area (Å²) in [6.07, 6.45) is 2.81. The van der Waals surface area contributed by atoms with Crippen LogP contribution in [0.25, 0.3) is 0 Å². The Bertz CT molecular complexity index is 434. The molecule has 2 N–H and O–H groups in total. The molecule has 1 amide bonds. The molecule has 0 bridgehead atoms. The third kappa shape index (κ3) is 5.48. The van der Waals surface area contributed by atoms with Crippen molar-refractivity contribution in [3.05, 3.63) is 11.6 Å². The maximum Gasteiger partial charge on any atom is 0.241 e. The average molecular weight is 312 g/mol. The minimum atomic E-state index is -3.61. The second-order valence-electron chi connectivity index (χ2n) is 4.56. The molecular weight excluding hydrogens is 290 g/mol. The summed E-state index contributed by atoms with van der Waals surface area (Å²) >= 11 is 0. The number of carbonyl (C=O) groups excluding carboxylic acids is 1. The van der Waals surface area contributed by atoms with E-state index in [1.807, 2.05) is 6.08 Å². The molecule has 0 aromatic heterocycles. The number of halogens is 1. The van der Waals surface area contributed by atoms with Gasteiger partial charge in [-0.25, -0.2) is 13.1 Å². The van der Waals surface area contributed by atoms with Crippen LogP contribution in [0.5, 0.6) is 0 Å². The predicted molar refractivity (Wildman–Crippen MR) is 77.9 cm³/mol. The van der Waals surface area contributed by atoms with Gasteiger partial charge in [-0.2, -0.15) is 0 Å².